The van der Waals surface area contributed by atoms with E-state index in [0.29, 0.717) is 35.8 Å². The molecule has 0 saturated carbocycles. The summed E-state index contributed by atoms with van der Waals surface area (Å²) in [6, 6.07) is 12.7. The van der Waals surface area contributed by atoms with Crippen molar-refractivity contribution >= 4 is 23.2 Å². The fraction of sp³-hybridized carbons (Fsp3) is 0.375. The van der Waals surface area contributed by atoms with Gasteiger partial charge in [0.15, 0.2) is 11.5 Å². The van der Waals surface area contributed by atoms with E-state index in [2.05, 4.69) is 17.5 Å². The van der Waals surface area contributed by atoms with Crippen LogP contribution >= 0.6 is 0 Å². The van der Waals surface area contributed by atoms with Gasteiger partial charge in [-0.25, -0.2) is 5.43 Å². The van der Waals surface area contributed by atoms with E-state index < -0.39 is 0 Å². The highest BCUT2D eigenvalue weighted by molar-refractivity contribution is 6.03. The summed E-state index contributed by atoms with van der Waals surface area (Å²) in [4.78, 5) is 26.4. The van der Waals surface area contributed by atoms with Crippen LogP contribution in [-0.4, -0.2) is 37.8 Å². The first-order valence-electron chi connectivity index (χ1n) is 10.6. The van der Waals surface area contributed by atoms with Crippen molar-refractivity contribution in [3.8, 4) is 11.5 Å². The second kappa shape index (κ2) is 10.6. The molecule has 0 atom stereocenters. The molecule has 7 nitrogen and oxygen atoms in total. The molecule has 0 spiro atoms. The third-order valence-electron chi connectivity index (χ3n) is 5.16. The highest BCUT2D eigenvalue weighted by Crippen LogP contribution is 2.28. The predicted octanol–water partition coefficient (Wildman–Crippen LogP) is 4.15. The zero-order chi connectivity index (χ0) is 22.2. The Bertz CT molecular complexity index is 971. The number of nitrogens with one attached hydrogen (secondary N) is 1. The van der Waals surface area contributed by atoms with Gasteiger partial charge in [0.05, 0.1) is 19.4 Å². The van der Waals surface area contributed by atoms with Gasteiger partial charge in [-0.15, -0.1) is 0 Å². The highest BCUT2D eigenvalue weighted by atomic mass is 16.5. The van der Waals surface area contributed by atoms with E-state index in [9.17, 15) is 9.59 Å². The van der Waals surface area contributed by atoms with Crippen LogP contribution in [0.4, 0.5) is 5.69 Å². The molecular formula is C24H29N3O4. The summed E-state index contributed by atoms with van der Waals surface area (Å²) in [5.41, 5.74) is 5.35. The highest BCUT2D eigenvalue weighted by Gasteiger charge is 2.21. The minimum absolute atomic E-state index is 0.135. The maximum Gasteiger partial charge on any atom is 0.271 e. The monoisotopic (exact) mass is 423 g/mol. The number of ether oxygens (including phenoxy) is 2. The first-order valence-corrected chi connectivity index (χ1v) is 10.6. The molecule has 0 radical (unpaired) electrons. The number of anilines is 1. The molecule has 1 saturated heterocycles. The van der Waals surface area contributed by atoms with E-state index in [1.807, 2.05) is 31.2 Å². The number of nitrogens with zero attached hydrogens (tertiary/aromatic N) is 2. The van der Waals surface area contributed by atoms with Gasteiger partial charge in [-0.2, -0.15) is 5.10 Å². The minimum Gasteiger partial charge on any atom is -0.493 e. The Kier molecular flexibility index (Phi) is 7.65. The molecule has 31 heavy (non-hydrogen) atoms. The van der Waals surface area contributed by atoms with Gasteiger partial charge >= 0.3 is 0 Å². The van der Waals surface area contributed by atoms with Crippen LogP contribution in [-0.2, 0) is 4.79 Å². The first-order chi connectivity index (χ1) is 15.0. The number of amides is 2. The van der Waals surface area contributed by atoms with Gasteiger partial charge in [0.1, 0.15) is 0 Å². The lowest BCUT2D eigenvalue weighted by atomic mass is 10.1. The number of methoxy groups -OCH3 is 1. The third-order valence-corrected chi connectivity index (χ3v) is 5.16. The quantitative estimate of drug-likeness (QED) is 0.373. The molecule has 0 aliphatic carbocycles. The standard InChI is InChI=1S/C24H29N3O4/c1-4-5-14-31-21-12-11-19(16-22(21)30-3)24(29)26-25-17(2)18-8-6-9-20(15-18)27-13-7-10-23(27)28/h6,8-9,11-12,15-16H,4-5,7,10,13-14H2,1-3H3,(H,26,29)/b25-17-. The molecule has 2 amide bonds. The van der Waals surface area contributed by atoms with Crippen LogP contribution in [0.1, 0.15) is 55.5 Å². The molecule has 3 rings (SSSR count). The van der Waals surface area contributed by atoms with Crippen molar-refractivity contribution in [1.29, 1.82) is 0 Å². The van der Waals surface area contributed by atoms with E-state index in [1.165, 1.54) is 0 Å². The maximum absolute atomic E-state index is 12.6. The summed E-state index contributed by atoms with van der Waals surface area (Å²) in [5, 5.41) is 4.24. The average molecular weight is 424 g/mol. The van der Waals surface area contributed by atoms with E-state index in [-0.39, 0.29) is 11.8 Å². The SMILES string of the molecule is CCCCOc1ccc(C(=O)N/N=C(/C)c2cccc(N3CCCC3=O)c2)cc1OC. The van der Waals surface area contributed by atoms with Crippen LogP contribution in [0.2, 0.25) is 0 Å². The van der Waals surface area contributed by atoms with Gasteiger partial charge < -0.3 is 14.4 Å². The van der Waals surface area contributed by atoms with Crippen LogP contribution < -0.4 is 19.8 Å². The Morgan fingerprint density at radius 1 is 1.16 bits per heavy atom. The molecule has 0 unspecified atom stereocenters. The molecule has 7 heteroatoms. The molecule has 1 N–H and O–H groups in total. The molecular weight excluding hydrogens is 394 g/mol. The van der Waals surface area contributed by atoms with Crippen molar-refractivity contribution in [2.24, 2.45) is 5.10 Å². The summed E-state index contributed by atoms with van der Waals surface area (Å²) in [6.07, 6.45) is 3.45. The van der Waals surface area contributed by atoms with Crippen LogP contribution in [0.5, 0.6) is 11.5 Å². The molecule has 2 aromatic rings. The average Bonchev–Trinajstić information content (AvgIpc) is 3.23. The smallest absolute Gasteiger partial charge is 0.271 e. The van der Waals surface area contributed by atoms with Gasteiger partial charge in [-0.05, 0) is 55.7 Å². The van der Waals surface area contributed by atoms with E-state index >= 15 is 0 Å². The fourth-order valence-corrected chi connectivity index (χ4v) is 3.34. The number of unbranched alkanes of at least 4 members (excludes halogenated alkanes) is 1. The maximum atomic E-state index is 12.6. The number of carbonyl (C=O) groups is 2. The normalized spacial score (nSPS) is 14.0. The van der Waals surface area contributed by atoms with Crippen molar-refractivity contribution in [2.45, 2.75) is 39.5 Å². The second-order valence-electron chi connectivity index (χ2n) is 7.41. The van der Waals surface area contributed by atoms with Crippen molar-refractivity contribution in [1.82, 2.24) is 5.43 Å². The number of hydrazone groups is 1. The molecule has 1 aliphatic heterocycles. The van der Waals surface area contributed by atoms with E-state index in [1.54, 1.807) is 30.2 Å². The summed E-state index contributed by atoms with van der Waals surface area (Å²) in [5.74, 6) is 0.910. The zero-order valence-corrected chi connectivity index (χ0v) is 18.3. The van der Waals surface area contributed by atoms with Crippen molar-refractivity contribution < 1.29 is 19.1 Å². The lowest BCUT2D eigenvalue weighted by Crippen LogP contribution is -2.24. The summed E-state index contributed by atoms with van der Waals surface area (Å²) in [6.45, 7) is 5.24. The predicted molar refractivity (Wildman–Crippen MR) is 121 cm³/mol. The van der Waals surface area contributed by atoms with Crippen molar-refractivity contribution in [3.63, 3.8) is 0 Å². The van der Waals surface area contributed by atoms with Gasteiger partial charge in [0.25, 0.3) is 5.91 Å². The molecule has 1 heterocycles. The molecule has 164 valence electrons. The lowest BCUT2D eigenvalue weighted by molar-refractivity contribution is -0.117. The first kappa shape index (κ1) is 22.3. The van der Waals surface area contributed by atoms with Crippen molar-refractivity contribution in [2.75, 3.05) is 25.2 Å². The number of hydrogen-bond acceptors (Lipinski definition) is 5. The van der Waals surface area contributed by atoms with Gasteiger partial charge in [0, 0.05) is 24.2 Å². The van der Waals surface area contributed by atoms with Gasteiger partial charge in [-0.3, -0.25) is 9.59 Å². The number of carbonyl (C=O) groups excluding carboxylic acids is 2. The molecule has 1 aliphatic rings. The topological polar surface area (TPSA) is 80.2 Å². The van der Waals surface area contributed by atoms with Gasteiger partial charge in [-0.1, -0.05) is 25.5 Å². The summed E-state index contributed by atoms with van der Waals surface area (Å²) >= 11 is 0. The lowest BCUT2D eigenvalue weighted by Gasteiger charge is -2.16. The van der Waals surface area contributed by atoms with Crippen LogP contribution in [0.15, 0.2) is 47.6 Å². The Hall–Kier alpha value is -3.35. The molecule has 1 fully saturated rings. The molecule has 0 aromatic heterocycles. The van der Waals surface area contributed by atoms with Crippen molar-refractivity contribution in [3.05, 3.63) is 53.6 Å². The van der Waals surface area contributed by atoms with Crippen LogP contribution in [0, 0.1) is 0 Å². The Labute approximate surface area is 183 Å². The summed E-state index contributed by atoms with van der Waals surface area (Å²) < 4.78 is 11.1. The Morgan fingerprint density at radius 2 is 2.00 bits per heavy atom. The second-order valence-corrected chi connectivity index (χ2v) is 7.41. The largest absolute Gasteiger partial charge is 0.493 e. The minimum atomic E-state index is -0.344. The zero-order valence-electron chi connectivity index (χ0n) is 18.3. The third kappa shape index (κ3) is 5.63. The Balaban J connectivity index is 1.68. The fourth-order valence-electron chi connectivity index (χ4n) is 3.34. The van der Waals surface area contributed by atoms with Crippen LogP contribution in [0.25, 0.3) is 0 Å². The van der Waals surface area contributed by atoms with E-state index in [0.717, 1.165) is 37.1 Å². The number of rotatable bonds is 9. The number of benzene rings is 2. The molecule has 0 bridgehead atoms. The van der Waals surface area contributed by atoms with Crippen LogP contribution in [0.3, 0.4) is 0 Å². The molecule has 2 aromatic carbocycles. The summed E-state index contributed by atoms with van der Waals surface area (Å²) in [7, 11) is 1.55. The Morgan fingerprint density at radius 3 is 2.71 bits per heavy atom. The van der Waals surface area contributed by atoms with Gasteiger partial charge in [0.2, 0.25) is 5.91 Å². The number of hydrogen-bond donors (Lipinski definition) is 1. The van der Waals surface area contributed by atoms with E-state index in [4.69, 9.17) is 9.47 Å².